The Morgan fingerprint density at radius 2 is 1.62 bits per heavy atom. The topological polar surface area (TPSA) is 56.7 Å². The lowest BCUT2D eigenvalue weighted by Gasteiger charge is -2.38. The van der Waals surface area contributed by atoms with Gasteiger partial charge < -0.3 is 14.9 Å². The molecule has 2 heterocycles. The fraction of sp³-hybridized carbons (Fsp3) is 0.368. The number of para-hydroxylation sites is 1. The number of benzene rings is 1. The van der Waals surface area contributed by atoms with E-state index in [0.29, 0.717) is 0 Å². The minimum atomic E-state index is -0.908. The third kappa shape index (κ3) is 3.07. The van der Waals surface area contributed by atoms with Gasteiger partial charge in [0.15, 0.2) is 0 Å². The van der Waals surface area contributed by atoms with Crippen LogP contribution in [0, 0.1) is 0 Å². The van der Waals surface area contributed by atoms with Crippen LogP contribution in [-0.4, -0.2) is 42.2 Å². The van der Waals surface area contributed by atoms with Crippen LogP contribution in [0.1, 0.15) is 19.4 Å². The van der Waals surface area contributed by atoms with E-state index in [0.717, 1.165) is 43.2 Å². The smallest absolute Gasteiger partial charge is 0.313 e. The number of nitrogens with zero attached hydrogens (tertiary/aromatic N) is 3. The summed E-state index contributed by atoms with van der Waals surface area (Å²) in [7, 11) is 0. The molecule has 24 heavy (non-hydrogen) atoms. The summed E-state index contributed by atoms with van der Waals surface area (Å²) >= 11 is 0. The number of piperazine rings is 1. The molecule has 5 heteroatoms. The van der Waals surface area contributed by atoms with E-state index < -0.39 is 11.4 Å². The quantitative estimate of drug-likeness (QED) is 0.937. The van der Waals surface area contributed by atoms with E-state index in [2.05, 4.69) is 14.8 Å². The molecule has 0 saturated carbocycles. The molecule has 0 unspecified atom stereocenters. The van der Waals surface area contributed by atoms with Gasteiger partial charge >= 0.3 is 5.97 Å². The Morgan fingerprint density at radius 1 is 1.00 bits per heavy atom. The number of anilines is 2. The van der Waals surface area contributed by atoms with Crippen molar-refractivity contribution >= 4 is 17.5 Å². The molecule has 0 bridgehead atoms. The molecular formula is C19H23N3O2. The maximum atomic E-state index is 11.7. The van der Waals surface area contributed by atoms with Crippen molar-refractivity contribution < 1.29 is 9.90 Å². The zero-order valence-corrected chi connectivity index (χ0v) is 14.1. The van der Waals surface area contributed by atoms with Crippen LogP contribution in [0.15, 0.2) is 48.7 Å². The van der Waals surface area contributed by atoms with Crippen molar-refractivity contribution in [1.29, 1.82) is 0 Å². The summed E-state index contributed by atoms with van der Waals surface area (Å²) in [5, 5.41) is 9.57. The molecule has 1 aromatic heterocycles. The van der Waals surface area contributed by atoms with Gasteiger partial charge in [0.25, 0.3) is 0 Å². The summed E-state index contributed by atoms with van der Waals surface area (Å²) in [6.45, 7) is 6.97. The third-order valence-corrected chi connectivity index (χ3v) is 4.71. The van der Waals surface area contributed by atoms with E-state index in [1.165, 1.54) is 0 Å². The van der Waals surface area contributed by atoms with Gasteiger partial charge in [-0.1, -0.05) is 24.3 Å². The standard InChI is InChI=1S/C19H23N3O2/c1-19(2,18(23)24)15-7-3-4-8-16(15)21-11-13-22(14-12-21)17-9-5-6-10-20-17/h3-10H,11-14H2,1-2H3,(H,23,24). The zero-order valence-electron chi connectivity index (χ0n) is 14.1. The average Bonchev–Trinajstić information content (AvgIpc) is 2.62. The second-order valence-electron chi connectivity index (χ2n) is 6.61. The van der Waals surface area contributed by atoms with Gasteiger partial charge in [0, 0.05) is 38.1 Å². The van der Waals surface area contributed by atoms with Crippen LogP contribution in [0.5, 0.6) is 0 Å². The first kappa shape index (κ1) is 16.3. The van der Waals surface area contributed by atoms with Crippen LogP contribution in [0.2, 0.25) is 0 Å². The molecular weight excluding hydrogens is 302 g/mol. The molecule has 1 N–H and O–H groups in total. The fourth-order valence-electron chi connectivity index (χ4n) is 3.11. The Bertz CT molecular complexity index is 708. The van der Waals surface area contributed by atoms with Gasteiger partial charge in [-0.25, -0.2) is 4.98 Å². The average molecular weight is 325 g/mol. The minimum absolute atomic E-state index is 0.804. The third-order valence-electron chi connectivity index (χ3n) is 4.71. The molecule has 5 nitrogen and oxygen atoms in total. The summed E-state index contributed by atoms with van der Waals surface area (Å²) in [5.41, 5.74) is 0.976. The molecule has 0 amide bonds. The Labute approximate surface area is 142 Å². The number of aliphatic carboxylic acids is 1. The molecule has 0 atom stereocenters. The molecule has 1 aliphatic rings. The van der Waals surface area contributed by atoms with Crippen LogP contribution >= 0.6 is 0 Å². The lowest BCUT2D eigenvalue weighted by Crippen LogP contribution is -2.47. The Kier molecular flexibility index (Phi) is 4.42. The van der Waals surface area contributed by atoms with Crippen LogP contribution in [-0.2, 0) is 10.2 Å². The number of hydrogen-bond donors (Lipinski definition) is 1. The first-order chi connectivity index (χ1) is 11.5. The van der Waals surface area contributed by atoms with Crippen LogP contribution < -0.4 is 9.80 Å². The normalized spacial score (nSPS) is 15.4. The first-order valence-electron chi connectivity index (χ1n) is 8.24. The van der Waals surface area contributed by atoms with Crippen molar-refractivity contribution in [3.63, 3.8) is 0 Å². The molecule has 126 valence electrons. The predicted molar refractivity (Wildman–Crippen MR) is 95.8 cm³/mol. The SMILES string of the molecule is CC(C)(C(=O)O)c1ccccc1N1CCN(c2ccccn2)CC1. The maximum Gasteiger partial charge on any atom is 0.313 e. The van der Waals surface area contributed by atoms with Gasteiger partial charge in [0.05, 0.1) is 5.41 Å². The van der Waals surface area contributed by atoms with Crippen molar-refractivity contribution in [3.8, 4) is 0 Å². The van der Waals surface area contributed by atoms with E-state index in [1.54, 1.807) is 13.8 Å². The van der Waals surface area contributed by atoms with Gasteiger partial charge in [-0.05, 0) is 37.6 Å². The molecule has 1 aromatic carbocycles. The number of carbonyl (C=O) groups is 1. The van der Waals surface area contributed by atoms with Crippen molar-refractivity contribution in [2.75, 3.05) is 36.0 Å². The number of pyridine rings is 1. The maximum absolute atomic E-state index is 11.7. The number of rotatable bonds is 4. The summed E-state index contributed by atoms with van der Waals surface area (Å²) < 4.78 is 0. The molecule has 0 radical (unpaired) electrons. The van der Waals surface area contributed by atoms with Crippen LogP contribution in [0.3, 0.4) is 0 Å². The highest BCUT2D eigenvalue weighted by Gasteiger charge is 2.33. The van der Waals surface area contributed by atoms with E-state index in [-0.39, 0.29) is 0 Å². The highest BCUT2D eigenvalue weighted by atomic mass is 16.4. The molecule has 1 aliphatic heterocycles. The van der Waals surface area contributed by atoms with E-state index in [4.69, 9.17) is 0 Å². The highest BCUT2D eigenvalue weighted by Crippen LogP contribution is 2.33. The molecule has 0 aliphatic carbocycles. The summed E-state index contributed by atoms with van der Waals surface area (Å²) in [5.74, 6) is 0.193. The van der Waals surface area contributed by atoms with Crippen molar-refractivity contribution in [2.45, 2.75) is 19.3 Å². The lowest BCUT2D eigenvalue weighted by molar-refractivity contribution is -0.142. The molecule has 3 rings (SSSR count). The molecule has 0 spiro atoms. The van der Waals surface area contributed by atoms with Gasteiger partial charge in [-0.2, -0.15) is 0 Å². The van der Waals surface area contributed by atoms with Crippen molar-refractivity contribution in [3.05, 3.63) is 54.2 Å². The van der Waals surface area contributed by atoms with E-state index in [1.807, 2.05) is 48.7 Å². The van der Waals surface area contributed by atoms with Crippen LogP contribution in [0.4, 0.5) is 11.5 Å². The zero-order chi connectivity index (χ0) is 17.2. The van der Waals surface area contributed by atoms with E-state index in [9.17, 15) is 9.90 Å². The first-order valence-corrected chi connectivity index (χ1v) is 8.24. The summed E-state index contributed by atoms with van der Waals surface area (Å²) in [6.07, 6.45) is 1.81. The van der Waals surface area contributed by atoms with Gasteiger partial charge in [0.2, 0.25) is 0 Å². The lowest BCUT2D eigenvalue weighted by atomic mass is 9.83. The van der Waals surface area contributed by atoms with Crippen LogP contribution in [0.25, 0.3) is 0 Å². The molecule has 1 saturated heterocycles. The fourth-order valence-corrected chi connectivity index (χ4v) is 3.11. The molecule has 2 aromatic rings. The van der Waals surface area contributed by atoms with E-state index >= 15 is 0 Å². The van der Waals surface area contributed by atoms with Crippen molar-refractivity contribution in [2.24, 2.45) is 0 Å². The van der Waals surface area contributed by atoms with Gasteiger partial charge in [-0.3, -0.25) is 4.79 Å². The minimum Gasteiger partial charge on any atom is -0.481 e. The summed E-state index contributed by atoms with van der Waals surface area (Å²) in [4.78, 5) is 20.6. The Morgan fingerprint density at radius 3 is 2.25 bits per heavy atom. The van der Waals surface area contributed by atoms with Crippen molar-refractivity contribution in [1.82, 2.24) is 4.98 Å². The Hall–Kier alpha value is -2.56. The Balaban J connectivity index is 1.79. The van der Waals surface area contributed by atoms with Gasteiger partial charge in [-0.15, -0.1) is 0 Å². The molecule has 1 fully saturated rings. The largest absolute Gasteiger partial charge is 0.481 e. The second kappa shape index (κ2) is 6.51. The number of carboxylic acids is 1. The second-order valence-corrected chi connectivity index (χ2v) is 6.61. The predicted octanol–water partition coefficient (Wildman–Crippen LogP) is 2.77. The summed E-state index contributed by atoms with van der Waals surface area (Å²) in [6, 6.07) is 13.8. The number of carboxylic acid groups (broad SMARTS) is 1. The highest BCUT2D eigenvalue weighted by molar-refractivity contribution is 5.83. The number of aromatic nitrogens is 1. The number of hydrogen-bond acceptors (Lipinski definition) is 4. The van der Waals surface area contributed by atoms with Gasteiger partial charge in [0.1, 0.15) is 5.82 Å². The monoisotopic (exact) mass is 325 g/mol.